The number of aromatic nitrogens is 1. The van der Waals surface area contributed by atoms with Crippen molar-refractivity contribution < 1.29 is 14.4 Å². The lowest BCUT2D eigenvalue weighted by Crippen LogP contribution is -2.51. The van der Waals surface area contributed by atoms with Gasteiger partial charge in [0.2, 0.25) is 0 Å². The number of pyridine rings is 1. The topological polar surface area (TPSA) is 77.1 Å². The molecule has 0 radical (unpaired) electrons. The molecule has 0 aromatic carbocycles. The predicted octanol–water partition coefficient (Wildman–Crippen LogP) is -0.0282. The van der Waals surface area contributed by atoms with Gasteiger partial charge in [0.25, 0.3) is 0 Å². The monoisotopic (exact) mass is 317 g/mol. The van der Waals surface area contributed by atoms with Crippen molar-refractivity contribution in [1.29, 1.82) is 0 Å². The maximum atomic E-state index is 12.1. The molecule has 4 amide bonds. The van der Waals surface area contributed by atoms with Crippen LogP contribution in [-0.4, -0.2) is 76.9 Å². The largest absolute Gasteiger partial charge is 0.354 e. The number of hydrogen-bond acceptors (Lipinski definition) is 6. The highest BCUT2D eigenvalue weighted by Gasteiger charge is 2.44. The Balaban J connectivity index is 1.58. The van der Waals surface area contributed by atoms with Crippen molar-refractivity contribution in [2.24, 2.45) is 0 Å². The van der Waals surface area contributed by atoms with Gasteiger partial charge in [-0.1, -0.05) is 6.07 Å². The molecule has 0 saturated carbocycles. The number of amides is 4. The molecular weight excluding hydrogens is 298 g/mol. The number of imide groups is 2. The number of likely N-dealkylation sites (N-methyl/N-ethyl adjacent to an activating group) is 1. The van der Waals surface area contributed by atoms with Gasteiger partial charge in [0, 0.05) is 38.9 Å². The van der Waals surface area contributed by atoms with Crippen molar-refractivity contribution in [3.8, 4) is 0 Å². The van der Waals surface area contributed by atoms with Gasteiger partial charge in [-0.3, -0.25) is 19.4 Å². The fourth-order valence-electron chi connectivity index (χ4n) is 2.81. The molecule has 0 N–H and O–H groups in total. The number of piperazine rings is 1. The van der Waals surface area contributed by atoms with E-state index in [1.54, 1.807) is 13.1 Å². The van der Waals surface area contributed by atoms with Crippen LogP contribution in [-0.2, 0) is 9.59 Å². The first-order valence-electron chi connectivity index (χ1n) is 7.67. The molecule has 1 aromatic heterocycles. The first kappa shape index (κ1) is 15.4. The van der Waals surface area contributed by atoms with Crippen molar-refractivity contribution in [3.63, 3.8) is 0 Å². The third-order valence-corrected chi connectivity index (χ3v) is 4.14. The number of carbonyl (C=O) groups is 3. The third-order valence-electron chi connectivity index (χ3n) is 4.14. The summed E-state index contributed by atoms with van der Waals surface area (Å²) in [5.74, 6) is -0.540. The molecule has 0 bridgehead atoms. The molecule has 8 nitrogen and oxygen atoms in total. The van der Waals surface area contributed by atoms with Gasteiger partial charge >= 0.3 is 17.8 Å². The summed E-state index contributed by atoms with van der Waals surface area (Å²) in [5.41, 5.74) is 0. The second kappa shape index (κ2) is 6.33. The third kappa shape index (κ3) is 2.89. The van der Waals surface area contributed by atoms with Crippen LogP contribution in [0.1, 0.15) is 6.92 Å². The predicted molar refractivity (Wildman–Crippen MR) is 82.5 cm³/mol. The van der Waals surface area contributed by atoms with Gasteiger partial charge in [0.15, 0.2) is 0 Å². The van der Waals surface area contributed by atoms with E-state index in [0.29, 0.717) is 13.1 Å². The zero-order valence-corrected chi connectivity index (χ0v) is 13.0. The summed E-state index contributed by atoms with van der Waals surface area (Å²) in [6.45, 7) is 4.99. The Bertz CT molecular complexity index is 613. The summed E-state index contributed by atoms with van der Waals surface area (Å²) in [6, 6.07) is 5.26. The fraction of sp³-hybridized carbons (Fsp3) is 0.467. The fourth-order valence-corrected chi connectivity index (χ4v) is 2.81. The normalized spacial score (nSPS) is 19.9. The standard InChI is InChI=1S/C15H19N5O3/c1-2-19-13(21)14(22)20(15(19)23)11-17-7-9-18(10-8-17)12-5-3-4-6-16-12/h3-6H,2,7-11H2,1H3. The highest BCUT2D eigenvalue weighted by molar-refractivity contribution is 6.44. The lowest BCUT2D eigenvalue weighted by atomic mass is 10.3. The second-order valence-corrected chi connectivity index (χ2v) is 5.50. The van der Waals surface area contributed by atoms with E-state index < -0.39 is 17.8 Å². The minimum Gasteiger partial charge on any atom is -0.354 e. The van der Waals surface area contributed by atoms with Crippen molar-refractivity contribution in [2.75, 3.05) is 44.3 Å². The van der Waals surface area contributed by atoms with Crippen LogP contribution in [0.15, 0.2) is 24.4 Å². The van der Waals surface area contributed by atoms with Crippen molar-refractivity contribution >= 4 is 23.7 Å². The van der Waals surface area contributed by atoms with E-state index in [9.17, 15) is 14.4 Å². The Morgan fingerprint density at radius 3 is 2.26 bits per heavy atom. The molecule has 23 heavy (non-hydrogen) atoms. The molecule has 3 heterocycles. The van der Waals surface area contributed by atoms with Gasteiger partial charge in [-0.2, -0.15) is 0 Å². The molecule has 2 fully saturated rings. The number of urea groups is 1. The number of nitrogens with zero attached hydrogens (tertiary/aromatic N) is 5. The first-order valence-corrected chi connectivity index (χ1v) is 7.67. The molecule has 2 saturated heterocycles. The van der Waals surface area contributed by atoms with Crippen LogP contribution in [0.25, 0.3) is 0 Å². The van der Waals surface area contributed by atoms with Crippen molar-refractivity contribution in [2.45, 2.75) is 6.92 Å². The van der Waals surface area contributed by atoms with Gasteiger partial charge in [0.05, 0.1) is 6.67 Å². The van der Waals surface area contributed by atoms with Gasteiger partial charge in [-0.05, 0) is 19.1 Å². The molecule has 0 spiro atoms. The zero-order valence-electron chi connectivity index (χ0n) is 13.0. The SMILES string of the molecule is CCN1C(=O)C(=O)N(CN2CCN(c3ccccn3)CC2)C1=O. The molecule has 3 rings (SSSR count). The van der Waals surface area contributed by atoms with Crippen LogP contribution in [0.4, 0.5) is 10.6 Å². The van der Waals surface area contributed by atoms with Crippen LogP contribution >= 0.6 is 0 Å². The smallest absolute Gasteiger partial charge is 0.335 e. The average molecular weight is 317 g/mol. The van der Waals surface area contributed by atoms with Crippen LogP contribution in [0.5, 0.6) is 0 Å². The van der Waals surface area contributed by atoms with E-state index in [1.165, 1.54) is 0 Å². The quantitative estimate of drug-likeness (QED) is 0.573. The summed E-state index contributed by atoms with van der Waals surface area (Å²) in [5, 5.41) is 0. The van der Waals surface area contributed by atoms with E-state index >= 15 is 0 Å². The van der Waals surface area contributed by atoms with Gasteiger partial charge < -0.3 is 4.90 Å². The maximum absolute atomic E-state index is 12.1. The molecular formula is C15H19N5O3. The van der Waals surface area contributed by atoms with Gasteiger partial charge in [0.1, 0.15) is 5.82 Å². The van der Waals surface area contributed by atoms with Crippen LogP contribution in [0.3, 0.4) is 0 Å². The highest BCUT2D eigenvalue weighted by Crippen LogP contribution is 2.15. The van der Waals surface area contributed by atoms with Crippen LogP contribution in [0, 0.1) is 0 Å². The number of anilines is 1. The Morgan fingerprint density at radius 1 is 1.00 bits per heavy atom. The average Bonchev–Trinajstić information content (AvgIpc) is 2.79. The van der Waals surface area contributed by atoms with Crippen molar-refractivity contribution in [1.82, 2.24) is 19.7 Å². The summed E-state index contributed by atoms with van der Waals surface area (Å²) >= 11 is 0. The Kier molecular flexibility index (Phi) is 4.24. The molecule has 0 unspecified atom stereocenters. The van der Waals surface area contributed by atoms with Crippen LogP contribution < -0.4 is 4.90 Å². The van der Waals surface area contributed by atoms with E-state index in [4.69, 9.17) is 0 Å². The molecule has 122 valence electrons. The second-order valence-electron chi connectivity index (χ2n) is 5.50. The Morgan fingerprint density at radius 2 is 1.70 bits per heavy atom. The molecule has 8 heteroatoms. The van der Waals surface area contributed by atoms with Crippen molar-refractivity contribution in [3.05, 3.63) is 24.4 Å². The highest BCUT2D eigenvalue weighted by atomic mass is 16.2. The summed E-state index contributed by atoms with van der Waals surface area (Å²) in [7, 11) is 0. The number of rotatable bonds is 4. The lowest BCUT2D eigenvalue weighted by molar-refractivity contribution is -0.143. The first-order chi connectivity index (χ1) is 11.1. The minimum atomic E-state index is -0.732. The Labute approximate surface area is 134 Å². The summed E-state index contributed by atoms with van der Waals surface area (Å²) < 4.78 is 0. The molecule has 2 aliphatic rings. The summed E-state index contributed by atoms with van der Waals surface area (Å²) in [4.78, 5) is 46.2. The summed E-state index contributed by atoms with van der Waals surface area (Å²) in [6.07, 6.45) is 1.76. The van der Waals surface area contributed by atoms with E-state index in [2.05, 4.69) is 9.88 Å². The number of carbonyl (C=O) groups excluding carboxylic acids is 3. The molecule has 0 atom stereocenters. The van der Waals surface area contributed by atoms with Crippen LogP contribution in [0.2, 0.25) is 0 Å². The van der Waals surface area contributed by atoms with E-state index in [1.807, 2.05) is 23.1 Å². The van der Waals surface area contributed by atoms with Gasteiger partial charge in [-0.25, -0.2) is 14.7 Å². The van der Waals surface area contributed by atoms with E-state index in [-0.39, 0.29) is 13.2 Å². The zero-order chi connectivity index (χ0) is 16.4. The molecule has 1 aromatic rings. The number of hydrogen-bond donors (Lipinski definition) is 0. The maximum Gasteiger partial charge on any atom is 0.335 e. The molecule has 2 aliphatic heterocycles. The lowest BCUT2D eigenvalue weighted by Gasteiger charge is -2.36. The van der Waals surface area contributed by atoms with E-state index in [0.717, 1.165) is 28.7 Å². The minimum absolute atomic E-state index is 0.163. The molecule has 0 aliphatic carbocycles. The Hall–Kier alpha value is -2.48. The van der Waals surface area contributed by atoms with Gasteiger partial charge in [-0.15, -0.1) is 0 Å².